The molecule has 0 aromatic rings. The molecule has 0 radical (unpaired) electrons. The van der Waals surface area contributed by atoms with Gasteiger partial charge in [0.1, 0.15) is 0 Å². The highest BCUT2D eigenvalue weighted by Gasteiger charge is 2.45. The molecule has 6 heteroatoms. The standard InChI is InChI=1S/C11H18N2O4/c1-7-4-12-5-8(7)9(14)13-11(10(15)16)2-3-17-6-11/h7-8,12H,2-6H2,1H3,(H,13,14)(H,15,16)/t7-,8-,11?/m1/s1. The van der Waals surface area contributed by atoms with E-state index in [1.165, 1.54) is 0 Å². The number of nitrogens with one attached hydrogen (secondary N) is 2. The van der Waals surface area contributed by atoms with E-state index in [4.69, 9.17) is 4.74 Å². The molecule has 2 fully saturated rings. The Labute approximate surface area is 99.7 Å². The van der Waals surface area contributed by atoms with Crippen LogP contribution in [0.4, 0.5) is 0 Å². The predicted molar refractivity (Wildman–Crippen MR) is 59.5 cm³/mol. The zero-order valence-corrected chi connectivity index (χ0v) is 9.86. The van der Waals surface area contributed by atoms with Crippen LogP contribution >= 0.6 is 0 Å². The third kappa shape index (κ3) is 2.28. The zero-order chi connectivity index (χ0) is 12.5. The number of ether oxygens (including phenoxy) is 1. The van der Waals surface area contributed by atoms with E-state index in [9.17, 15) is 14.7 Å². The van der Waals surface area contributed by atoms with Crippen molar-refractivity contribution < 1.29 is 19.4 Å². The Balaban J connectivity index is 2.03. The van der Waals surface area contributed by atoms with Crippen molar-refractivity contribution in [2.24, 2.45) is 11.8 Å². The van der Waals surface area contributed by atoms with Gasteiger partial charge in [0.15, 0.2) is 5.54 Å². The van der Waals surface area contributed by atoms with E-state index >= 15 is 0 Å². The van der Waals surface area contributed by atoms with Gasteiger partial charge in [-0.3, -0.25) is 4.79 Å². The van der Waals surface area contributed by atoms with E-state index in [1.807, 2.05) is 6.92 Å². The number of carboxylic acids is 1. The first-order valence-electron chi connectivity index (χ1n) is 5.89. The van der Waals surface area contributed by atoms with Crippen LogP contribution in [0.3, 0.4) is 0 Å². The van der Waals surface area contributed by atoms with Gasteiger partial charge in [-0.1, -0.05) is 6.92 Å². The van der Waals surface area contributed by atoms with Crippen LogP contribution < -0.4 is 10.6 Å². The van der Waals surface area contributed by atoms with E-state index < -0.39 is 11.5 Å². The Bertz CT molecular complexity index is 325. The Morgan fingerprint density at radius 1 is 1.47 bits per heavy atom. The van der Waals surface area contributed by atoms with Crippen LogP contribution in [0.25, 0.3) is 0 Å². The lowest BCUT2D eigenvalue weighted by atomic mass is 9.93. The molecule has 6 nitrogen and oxygen atoms in total. The van der Waals surface area contributed by atoms with Gasteiger partial charge in [0.25, 0.3) is 0 Å². The fourth-order valence-electron chi connectivity index (χ4n) is 2.38. The molecule has 2 heterocycles. The van der Waals surface area contributed by atoms with Gasteiger partial charge in [-0.15, -0.1) is 0 Å². The number of hydrogen-bond donors (Lipinski definition) is 3. The molecule has 2 aliphatic heterocycles. The maximum atomic E-state index is 12.1. The average molecular weight is 242 g/mol. The van der Waals surface area contributed by atoms with Crippen molar-refractivity contribution in [3.8, 4) is 0 Å². The summed E-state index contributed by atoms with van der Waals surface area (Å²) >= 11 is 0. The van der Waals surface area contributed by atoms with Gasteiger partial charge < -0.3 is 20.5 Å². The molecular weight excluding hydrogens is 224 g/mol. The summed E-state index contributed by atoms with van der Waals surface area (Å²) < 4.78 is 5.10. The lowest BCUT2D eigenvalue weighted by molar-refractivity contribution is -0.148. The Kier molecular flexibility index (Phi) is 3.35. The highest BCUT2D eigenvalue weighted by atomic mass is 16.5. The minimum Gasteiger partial charge on any atom is -0.479 e. The molecule has 17 heavy (non-hydrogen) atoms. The van der Waals surface area contributed by atoms with Gasteiger partial charge in [-0.25, -0.2) is 4.79 Å². The minimum atomic E-state index is -1.22. The van der Waals surface area contributed by atoms with Crippen LogP contribution in [-0.2, 0) is 14.3 Å². The van der Waals surface area contributed by atoms with Crippen molar-refractivity contribution >= 4 is 11.9 Å². The van der Waals surface area contributed by atoms with E-state index in [1.54, 1.807) is 0 Å². The molecule has 0 saturated carbocycles. The summed E-state index contributed by atoms with van der Waals surface area (Å²) in [6, 6.07) is 0. The van der Waals surface area contributed by atoms with Gasteiger partial charge in [-0.2, -0.15) is 0 Å². The van der Waals surface area contributed by atoms with Crippen LogP contribution in [0.2, 0.25) is 0 Å². The van der Waals surface area contributed by atoms with Gasteiger partial charge in [0, 0.05) is 19.6 Å². The summed E-state index contributed by atoms with van der Waals surface area (Å²) in [5.41, 5.74) is -1.22. The molecule has 2 saturated heterocycles. The number of hydrogen-bond acceptors (Lipinski definition) is 4. The van der Waals surface area contributed by atoms with Gasteiger partial charge in [0.05, 0.1) is 12.5 Å². The molecule has 3 atom stereocenters. The van der Waals surface area contributed by atoms with Gasteiger partial charge >= 0.3 is 5.97 Å². The molecule has 3 N–H and O–H groups in total. The van der Waals surface area contributed by atoms with Crippen LogP contribution in [0.5, 0.6) is 0 Å². The lowest BCUT2D eigenvalue weighted by Crippen LogP contribution is -2.57. The second kappa shape index (κ2) is 4.62. The van der Waals surface area contributed by atoms with Crippen LogP contribution in [-0.4, -0.2) is 48.8 Å². The third-order valence-corrected chi connectivity index (χ3v) is 3.65. The second-order valence-corrected chi connectivity index (χ2v) is 4.92. The lowest BCUT2D eigenvalue weighted by Gasteiger charge is -2.26. The zero-order valence-electron chi connectivity index (χ0n) is 9.86. The van der Waals surface area contributed by atoms with Crippen molar-refractivity contribution in [3.05, 3.63) is 0 Å². The summed E-state index contributed by atoms with van der Waals surface area (Å²) in [6.07, 6.45) is 0.336. The van der Waals surface area contributed by atoms with Gasteiger partial charge in [-0.05, 0) is 12.5 Å². The van der Waals surface area contributed by atoms with E-state index in [-0.39, 0.29) is 24.3 Å². The molecule has 0 aromatic carbocycles. The first-order valence-corrected chi connectivity index (χ1v) is 5.89. The van der Waals surface area contributed by atoms with Crippen molar-refractivity contribution in [2.45, 2.75) is 18.9 Å². The van der Waals surface area contributed by atoms with Crippen LogP contribution in [0, 0.1) is 11.8 Å². The predicted octanol–water partition coefficient (Wildman–Crippen LogP) is -0.798. The highest BCUT2D eigenvalue weighted by Crippen LogP contribution is 2.22. The van der Waals surface area contributed by atoms with Crippen LogP contribution in [0.1, 0.15) is 13.3 Å². The maximum absolute atomic E-state index is 12.1. The highest BCUT2D eigenvalue weighted by molar-refractivity contribution is 5.88. The minimum absolute atomic E-state index is 0.0581. The van der Waals surface area contributed by atoms with Crippen molar-refractivity contribution in [3.63, 3.8) is 0 Å². The third-order valence-electron chi connectivity index (χ3n) is 3.65. The summed E-state index contributed by atoms with van der Waals surface area (Å²) in [7, 11) is 0. The SMILES string of the molecule is C[C@@H]1CNC[C@H]1C(=O)NC1(C(=O)O)CCOC1. The van der Waals surface area contributed by atoms with E-state index in [0.717, 1.165) is 6.54 Å². The number of carbonyl (C=O) groups is 2. The number of amides is 1. The molecule has 0 aliphatic carbocycles. The molecular formula is C11H18N2O4. The summed E-state index contributed by atoms with van der Waals surface area (Å²) in [6.45, 7) is 3.84. The fourth-order valence-corrected chi connectivity index (χ4v) is 2.38. The Morgan fingerprint density at radius 2 is 2.24 bits per heavy atom. The largest absolute Gasteiger partial charge is 0.479 e. The molecule has 2 aliphatic rings. The topological polar surface area (TPSA) is 87.7 Å². The van der Waals surface area contributed by atoms with Crippen LogP contribution in [0.15, 0.2) is 0 Å². The molecule has 1 unspecified atom stereocenters. The van der Waals surface area contributed by atoms with E-state index in [2.05, 4.69) is 10.6 Å². The molecule has 96 valence electrons. The molecule has 1 amide bonds. The quantitative estimate of drug-likeness (QED) is 0.603. The maximum Gasteiger partial charge on any atom is 0.331 e. The first kappa shape index (κ1) is 12.3. The smallest absolute Gasteiger partial charge is 0.331 e. The molecule has 0 aromatic heterocycles. The Morgan fingerprint density at radius 3 is 2.71 bits per heavy atom. The van der Waals surface area contributed by atoms with Gasteiger partial charge in [0.2, 0.25) is 5.91 Å². The monoisotopic (exact) mass is 242 g/mol. The number of carboxylic acid groups (broad SMARTS) is 1. The molecule has 2 rings (SSSR count). The number of rotatable bonds is 3. The fraction of sp³-hybridized carbons (Fsp3) is 0.818. The average Bonchev–Trinajstić information content (AvgIpc) is 2.87. The number of aliphatic carboxylic acids is 1. The van der Waals surface area contributed by atoms with Crippen molar-refractivity contribution in [1.82, 2.24) is 10.6 Å². The normalized spacial score (nSPS) is 37.0. The van der Waals surface area contributed by atoms with Crippen molar-refractivity contribution in [1.29, 1.82) is 0 Å². The van der Waals surface area contributed by atoms with E-state index in [0.29, 0.717) is 19.6 Å². The summed E-state index contributed by atoms with van der Waals surface area (Å²) in [5, 5.41) is 15.0. The second-order valence-electron chi connectivity index (χ2n) is 4.92. The summed E-state index contributed by atoms with van der Waals surface area (Å²) in [5.74, 6) is -1.10. The van der Waals surface area contributed by atoms with Crippen molar-refractivity contribution in [2.75, 3.05) is 26.3 Å². The first-order chi connectivity index (χ1) is 8.05. The summed E-state index contributed by atoms with van der Waals surface area (Å²) in [4.78, 5) is 23.3. The number of carbonyl (C=O) groups excluding carboxylic acids is 1. The molecule has 0 bridgehead atoms. The molecule has 0 spiro atoms. The Hall–Kier alpha value is -1.14.